The van der Waals surface area contributed by atoms with Gasteiger partial charge < -0.3 is 0 Å². The van der Waals surface area contributed by atoms with Crippen LogP contribution in [0.25, 0.3) is 22.3 Å². The first kappa shape index (κ1) is 22.6. The van der Waals surface area contributed by atoms with Crippen molar-refractivity contribution in [1.82, 2.24) is 0 Å². The number of hydrogen-bond acceptors (Lipinski definition) is 3. The zero-order valence-electron chi connectivity index (χ0n) is 17.6. The van der Waals surface area contributed by atoms with Gasteiger partial charge in [0.1, 0.15) is 11.6 Å². The Morgan fingerprint density at radius 2 is 0.909 bits per heavy atom. The molecule has 0 amide bonds. The minimum atomic E-state index is -0.312. The summed E-state index contributed by atoms with van der Waals surface area (Å²) < 4.78 is 27.8. The molecule has 0 aliphatic rings. The van der Waals surface area contributed by atoms with Crippen LogP contribution in [-0.4, -0.2) is 23.1 Å². The van der Waals surface area contributed by atoms with E-state index in [4.69, 9.17) is 0 Å². The first-order chi connectivity index (χ1) is 16.0. The lowest BCUT2D eigenvalue weighted by Crippen LogP contribution is -2.07. The van der Waals surface area contributed by atoms with Crippen LogP contribution in [0, 0.1) is 11.6 Å². The van der Waals surface area contributed by atoms with Gasteiger partial charge in [-0.05, 0) is 23.3 Å². The van der Waals surface area contributed by atoms with Crippen molar-refractivity contribution in [3.05, 3.63) is 120 Å². The molecule has 2 nitrogen and oxygen atoms in total. The molecule has 0 radical (unpaired) electrons. The molecule has 0 aliphatic heterocycles. The molecule has 4 aromatic carbocycles. The lowest BCUT2D eigenvalue weighted by atomic mass is 10.0. The number of thioether (sulfide) groups is 1. The topological polar surface area (TPSA) is 34.1 Å². The molecule has 0 aliphatic carbocycles. The maximum Gasteiger partial charge on any atom is 0.172 e. The minimum absolute atomic E-state index is 0.0946. The van der Waals surface area contributed by atoms with Gasteiger partial charge in [-0.2, -0.15) is 0 Å². The van der Waals surface area contributed by atoms with Crippen LogP contribution in [0.2, 0.25) is 0 Å². The monoisotopic (exact) mass is 458 g/mol. The van der Waals surface area contributed by atoms with Crippen LogP contribution in [0.1, 0.15) is 20.7 Å². The SMILES string of the molecule is O=C(CSCC(=O)c1ccc(-c2ccccc2F)cc1)c1ccc(-c2ccccc2F)cc1. The van der Waals surface area contributed by atoms with Gasteiger partial charge in [0.2, 0.25) is 0 Å². The number of Topliss-reactive ketones (excluding diaryl/α,β-unsaturated/α-hetero) is 2. The third-order valence-electron chi connectivity index (χ3n) is 5.25. The Morgan fingerprint density at radius 3 is 1.27 bits per heavy atom. The van der Waals surface area contributed by atoms with E-state index in [0.717, 1.165) is 0 Å². The molecular weight excluding hydrogens is 438 g/mol. The second-order valence-corrected chi connectivity index (χ2v) is 8.44. The number of ketones is 2. The number of carbonyl (C=O) groups excluding carboxylic acids is 2. The van der Waals surface area contributed by atoms with E-state index in [1.54, 1.807) is 84.9 Å². The summed E-state index contributed by atoms with van der Waals surface area (Å²) in [5, 5.41) is 0. The molecule has 0 saturated carbocycles. The first-order valence-electron chi connectivity index (χ1n) is 10.4. The summed E-state index contributed by atoms with van der Waals surface area (Å²) in [5.74, 6) is -0.485. The molecule has 33 heavy (non-hydrogen) atoms. The van der Waals surface area contributed by atoms with Gasteiger partial charge in [0.25, 0.3) is 0 Å². The summed E-state index contributed by atoms with van der Waals surface area (Å²) in [6.07, 6.45) is 0. The minimum Gasteiger partial charge on any atom is -0.293 e. The molecule has 0 spiro atoms. The van der Waals surface area contributed by atoms with Gasteiger partial charge in [0.15, 0.2) is 11.6 Å². The second-order valence-electron chi connectivity index (χ2n) is 7.45. The van der Waals surface area contributed by atoms with Gasteiger partial charge in [-0.1, -0.05) is 84.9 Å². The molecule has 4 rings (SSSR count). The van der Waals surface area contributed by atoms with E-state index in [2.05, 4.69) is 0 Å². The van der Waals surface area contributed by atoms with Crippen LogP contribution in [0.15, 0.2) is 97.1 Å². The van der Waals surface area contributed by atoms with Crippen LogP contribution in [0.5, 0.6) is 0 Å². The molecule has 164 valence electrons. The third kappa shape index (κ3) is 5.44. The van der Waals surface area contributed by atoms with Crippen molar-refractivity contribution in [3.8, 4) is 22.3 Å². The van der Waals surface area contributed by atoms with Crippen molar-refractivity contribution in [3.63, 3.8) is 0 Å². The fourth-order valence-electron chi connectivity index (χ4n) is 3.47. The van der Waals surface area contributed by atoms with E-state index in [-0.39, 0.29) is 34.7 Å². The first-order valence-corrected chi connectivity index (χ1v) is 11.5. The molecule has 0 heterocycles. The summed E-state index contributed by atoms with van der Waals surface area (Å²) in [7, 11) is 0. The fourth-order valence-corrected chi connectivity index (χ4v) is 4.27. The summed E-state index contributed by atoms with van der Waals surface area (Å²) in [5.41, 5.74) is 3.40. The summed E-state index contributed by atoms with van der Waals surface area (Å²) in [6, 6.07) is 26.5. The van der Waals surface area contributed by atoms with Crippen molar-refractivity contribution >= 4 is 23.3 Å². The summed E-state index contributed by atoms with van der Waals surface area (Å²) >= 11 is 1.25. The maximum absolute atomic E-state index is 13.9. The number of benzene rings is 4. The van der Waals surface area contributed by atoms with Crippen LogP contribution < -0.4 is 0 Å². The highest BCUT2D eigenvalue weighted by atomic mass is 32.2. The van der Waals surface area contributed by atoms with E-state index in [1.807, 2.05) is 0 Å². The largest absolute Gasteiger partial charge is 0.293 e. The van der Waals surface area contributed by atoms with Crippen molar-refractivity contribution in [2.24, 2.45) is 0 Å². The Labute approximate surface area is 195 Å². The lowest BCUT2D eigenvalue weighted by molar-refractivity contribution is 0.102. The predicted octanol–water partition coefficient (Wildman–Crippen LogP) is 7.10. The summed E-state index contributed by atoms with van der Waals surface area (Å²) in [6.45, 7) is 0. The smallest absolute Gasteiger partial charge is 0.172 e. The molecule has 5 heteroatoms. The number of hydrogen-bond donors (Lipinski definition) is 0. The number of rotatable bonds is 8. The van der Waals surface area contributed by atoms with E-state index in [0.29, 0.717) is 33.4 Å². The van der Waals surface area contributed by atoms with Crippen molar-refractivity contribution < 1.29 is 18.4 Å². The highest BCUT2D eigenvalue weighted by molar-refractivity contribution is 8.00. The Hall–Kier alpha value is -3.57. The van der Waals surface area contributed by atoms with E-state index < -0.39 is 0 Å². The van der Waals surface area contributed by atoms with Gasteiger partial charge in [-0.3, -0.25) is 9.59 Å². The fraction of sp³-hybridized carbons (Fsp3) is 0.0714. The van der Waals surface area contributed by atoms with Crippen molar-refractivity contribution in [2.45, 2.75) is 0 Å². The predicted molar refractivity (Wildman–Crippen MR) is 130 cm³/mol. The Balaban J connectivity index is 1.32. The standard InChI is InChI=1S/C28H20F2O2S/c29-25-7-3-1-5-23(25)19-9-13-21(14-10-19)27(31)17-33-18-28(32)22-15-11-20(12-16-22)24-6-2-4-8-26(24)30/h1-16H,17-18H2. The van der Waals surface area contributed by atoms with Gasteiger partial charge in [-0.25, -0.2) is 8.78 Å². The molecule has 0 saturated heterocycles. The Kier molecular flexibility index (Phi) is 7.10. The zero-order valence-corrected chi connectivity index (χ0v) is 18.4. The molecule has 0 unspecified atom stereocenters. The van der Waals surface area contributed by atoms with Crippen LogP contribution in [-0.2, 0) is 0 Å². The molecule has 4 aromatic rings. The maximum atomic E-state index is 13.9. The number of halogens is 2. The Morgan fingerprint density at radius 1 is 0.545 bits per heavy atom. The van der Waals surface area contributed by atoms with Crippen LogP contribution >= 0.6 is 11.8 Å². The molecule has 0 aromatic heterocycles. The average Bonchev–Trinajstić information content (AvgIpc) is 2.85. The Bertz CT molecular complexity index is 1180. The zero-order chi connectivity index (χ0) is 23.2. The molecular formula is C28H20F2O2S. The van der Waals surface area contributed by atoms with Crippen LogP contribution in [0.3, 0.4) is 0 Å². The third-order valence-corrected chi connectivity index (χ3v) is 6.18. The van der Waals surface area contributed by atoms with Crippen molar-refractivity contribution in [2.75, 3.05) is 11.5 Å². The number of carbonyl (C=O) groups is 2. The van der Waals surface area contributed by atoms with Gasteiger partial charge in [0, 0.05) is 22.3 Å². The molecule has 0 atom stereocenters. The summed E-state index contributed by atoms with van der Waals surface area (Å²) in [4.78, 5) is 24.9. The van der Waals surface area contributed by atoms with E-state index in [9.17, 15) is 18.4 Å². The highest BCUT2D eigenvalue weighted by Crippen LogP contribution is 2.24. The van der Waals surface area contributed by atoms with E-state index in [1.165, 1.54) is 23.9 Å². The quantitative estimate of drug-likeness (QED) is 0.264. The molecule has 0 bridgehead atoms. The van der Waals surface area contributed by atoms with Gasteiger partial charge >= 0.3 is 0 Å². The van der Waals surface area contributed by atoms with Gasteiger partial charge in [0.05, 0.1) is 11.5 Å². The average molecular weight is 459 g/mol. The van der Waals surface area contributed by atoms with Gasteiger partial charge in [-0.15, -0.1) is 11.8 Å². The highest BCUT2D eigenvalue weighted by Gasteiger charge is 2.12. The van der Waals surface area contributed by atoms with Crippen molar-refractivity contribution in [1.29, 1.82) is 0 Å². The molecule has 0 N–H and O–H groups in total. The van der Waals surface area contributed by atoms with Crippen LogP contribution in [0.4, 0.5) is 8.78 Å². The van der Waals surface area contributed by atoms with E-state index >= 15 is 0 Å². The second kappa shape index (κ2) is 10.4. The lowest BCUT2D eigenvalue weighted by Gasteiger charge is -2.06. The normalized spacial score (nSPS) is 10.7. The molecule has 0 fully saturated rings.